The number of carbonyl (C=O) groups excluding carboxylic acids is 2. The molecule has 0 saturated carbocycles. The number of rotatable bonds is 5. The fraction of sp³-hybridized carbons (Fsp3) is 0.273. The van der Waals surface area contributed by atoms with Gasteiger partial charge >= 0.3 is 0 Å². The van der Waals surface area contributed by atoms with E-state index < -0.39 is 15.9 Å². The second kappa shape index (κ2) is 6.01. The van der Waals surface area contributed by atoms with Gasteiger partial charge in [-0.25, -0.2) is 13.1 Å². The molecule has 0 unspecified atom stereocenters. The van der Waals surface area contributed by atoms with E-state index in [1.807, 2.05) is 4.72 Å². The van der Waals surface area contributed by atoms with Crippen LogP contribution >= 0.6 is 11.8 Å². The van der Waals surface area contributed by atoms with E-state index in [1.54, 1.807) is 6.26 Å². The first-order chi connectivity index (χ1) is 8.36. The predicted octanol–water partition coefficient (Wildman–Crippen LogP) is 1.06. The van der Waals surface area contributed by atoms with Gasteiger partial charge < -0.3 is 0 Å². The van der Waals surface area contributed by atoms with Crippen LogP contribution < -0.4 is 4.72 Å². The standard InChI is InChI=1S/C11H13NO4S2/c1-8(13)9-3-5-10(6-4-9)18(15,16)12-11(14)7-17-2/h3-6H,7H2,1-2H3,(H,12,14). The van der Waals surface area contributed by atoms with E-state index in [0.717, 1.165) is 0 Å². The smallest absolute Gasteiger partial charge is 0.264 e. The van der Waals surface area contributed by atoms with E-state index in [1.165, 1.54) is 43.0 Å². The van der Waals surface area contributed by atoms with Crippen molar-refractivity contribution in [1.82, 2.24) is 4.72 Å². The van der Waals surface area contributed by atoms with Gasteiger partial charge in [0.2, 0.25) is 5.91 Å². The van der Waals surface area contributed by atoms with Crippen LogP contribution in [0.3, 0.4) is 0 Å². The van der Waals surface area contributed by atoms with E-state index in [0.29, 0.717) is 5.56 Å². The van der Waals surface area contributed by atoms with Gasteiger partial charge in [-0.3, -0.25) is 9.59 Å². The molecule has 18 heavy (non-hydrogen) atoms. The van der Waals surface area contributed by atoms with Crippen LogP contribution in [0.15, 0.2) is 29.2 Å². The maximum atomic E-state index is 11.8. The molecule has 0 aliphatic rings. The molecular weight excluding hydrogens is 274 g/mol. The van der Waals surface area contributed by atoms with Gasteiger partial charge in [0, 0.05) is 5.56 Å². The van der Waals surface area contributed by atoms with Crippen molar-refractivity contribution in [2.45, 2.75) is 11.8 Å². The topological polar surface area (TPSA) is 80.3 Å². The number of sulfonamides is 1. The molecule has 7 heteroatoms. The van der Waals surface area contributed by atoms with E-state index in [9.17, 15) is 18.0 Å². The first-order valence-electron chi connectivity index (χ1n) is 5.02. The first kappa shape index (κ1) is 14.7. The molecule has 0 aliphatic heterocycles. The number of thioether (sulfide) groups is 1. The van der Waals surface area contributed by atoms with Crippen LogP contribution in [0.4, 0.5) is 0 Å². The molecule has 0 heterocycles. The van der Waals surface area contributed by atoms with Gasteiger partial charge in [-0.05, 0) is 25.3 Å². The van der Waals surface area contributed by atoms with Crippen LogP contribution in [0.2, 0.25) is 0 Å². The van der Waals surface area contributed by atoms with Gasteiger partial charge in [-0.2, -0.15) is 11.8 Å². The molecule has 0 fully saturated rings. The minimum absolute atomic E-state index is 0.0399. The monoisotopic (exact) mass is 287 g/mol. The Balaban J connectivity index is 2.92. The lowest BCUT2D eigenvalue weighted by molar-refractivity contribution is -0.116. The summed E-state index contributed by atoms with van der Waals surface area (Å²) in [4.78, 5) is 22.2. The Hall–Kier alpha value is -1.34. The zero-order chi connectivity index (χ0) is 13.8. The van der Waals surface area contributed by atoms with Gasteiger partial charge in [-0.15, -0.1) is 0 Å². The first-order valence-corrected chi connectivity index (χ1v) is 7.90. The van der Waals surface area contributed by atoms with Gasteiger partial charge in [0.05, 0.1) is 10.6 Å². The van der Waals surface area contributed by atoms with Crippen molar-refractivity contribution in [2.75, 3.05) is 12.0 Å². The summed E-state index contributed by atoms with van der Waals surface area (Å²) in [7, 11) is -3.85. The Morgan fingerprint density at radius 1 is 1.22 bits per heavy atom. The molecule has 0 bridgehead atoms. The highest BCUT2D eigenvalue weighted by molar-refractivity contribution is 7.99. The van der Waals surface area contributed by atoms with Crippen molar-refractivity contribution in [3.8, 4) is 0 Å². The van der Waals surface area contributed by atoms with E-state index in [-0.39, 0.29) is 16.4 Å². The molecule has 98 valence electrons. The largest absolute Gasteiger partial charge is 0.295 e. The molecule has 1 N–H and O–H groups in total. The van der Waals surface area contributed by atoms with Gasteiger partial charge in [0.25, 0.3) is 10.0 Å². The maximum Gasteiger partial charge on any atom is 0.264 e. The summed E-state index contributed by atoms with van der Waals surface area (Å²) in [6.07, 6.45) is 1.70. The highest BCUT2D eigenvalue weighted by Crippen LogP contribution is 2.11. The average Bonchev–Trinajstić information content (AvgIpc) is 2.28. The summed E-state index contributed by atoms with van der Waals surface area (Å²) in [5, 5.41) is 0. The lowest BCUT2D eigenvalue weighted by atomic mass is 10.2. The number of benzene rings is 1. The molecular formula is C11H13NO4S2. The number of carbonyl (C=O) groups is 2. The second-order valence-corrected chi connectivity index (χ2v) is 6.09. The van der Waals surface area contributed by atoms with Crippen molar-refractivity contribution >= 4 is 33.5 Å². The van der Waals surface area contributed by atoms with Crippen molar-refractivity contribution in [2.24, 2.45) is 0 Å². The van der Waals surface area contributed by atoms with Crippen LogP contribution in [0.5, 0.6) is 0 Å². The number of nitrogens with one attached hydrogen (secondary N) is 1. The van der Waals surface area contributed by atoms with Crippen molar-refractivity contribution in [3.63, 3.8) is 0 Å². The Bertz CT molecular complexity index is 549. The molecule has 0 saturated heterocycles. The maximum absolute atomic E-state index is 11.8. The quantitative estimate of drug-likeness (QED) is 0.819. The molecule has 1 aromatic rings. The fourth-order valence-electron chi connectivity index (χ4n) is 1.24. The molecule has 5 nitrogen and oxygen atoms in total. The van der Waals surface area contributed by atoms with E-state index >= 15 is 0 Å². The van der Waals surface area contributed by atoms with Crippen molar-refractivity contribution < 1.29 is 18.0 Å². The summed E-state index contributed by atoms with van der Waals surface area (Å²) in [5.74, 6) is -0.645. The normalized spacial score (nSPS) is 11.0. The fourth-order valence-corrected chi connectivity index (χ4v) is 2.65. The molecule has 0 spiro atoms. The minimum Gasteiger partial charge on any atom is -0.295 e. The number of ketones is 1. The molecule has 1 rings (SSSR count). The van der Waals surface area contributed by atoms with Crippen LogP contribution in [-0.4, -0.2) is 32.1 Å². The van der Waals surface area contributed by atoms with E-state index in [2.05, 4.69) is 0 Å². The van der Waals surface area contributed by atoms with E-state index in [4.69, 9.17) is 0 Å². The Labute approximate surface area is 110 Å². The third-order valence-corrected chi connectivity index (χ3v) is 4.03. The third-order valence-electron chi connectivity index (χ3n) is 2.09. The predicted molar refractivity (Wildman–Crippen MR) is 70.2 cm³/mol. The number of Topliss-reactive ketones (excluding diaryl/α,β-unsaturated/α-hetero) is 1. The lowest BCUT2D eigenvalue weighted by Crippen LogP contribution is -2.31. The Morgan fingerprint density at radius 3 is 2.22 bits per heavy atom. The zero-order valence-electron chi connectivity index (χ0n) is 9.97. The highest BCUT2D eigenvalue weighted by atomic mass is 32.2. The van der Waals surface area contributed by atoms with Crippen molar-refractivity contribution in [3.05, 3.63) is 29.8 Å². The number of hydrogen-bond donors (Lipinski definition) is 1. The van der Waals surface area contributed by atoms with Crippen LogP contribution in [0.25, 0.3) is 0 Å². The summed E-state index contributed by atoms with van der Waals surface area (Å²) in [6.45, 7) is 1.39. The Morgan fingerprint density at radius 2 is 1.78 bits per heavy atom. The SMILES string of the molecule is CSCC(=O)NS(=O)(=O)c1ccc(C(C)=O)cc1. The van der Waals surface area contributed by atoms with Gasteiger partial charge in [0.1, 0.15) is 0 Å². The molecule has 1 amide bonds. The molecule has 0 aliphatic carbocycles. The second-order valence-electron chi connectivity index (χ2n) is 3.54. The Kier molecular flexibility index (Phi) is 4.92. The van der Waals surface area contributed by atoms with Crippen LogP contribution in [0.1, 0.15) is 17.3 Å². The zero-order valence-corrected chi connectivity index (χ0v) is 11.6. The highest BCUT2D eigenvalue weighted by Gasteiger charge is 2.17. The molecule has 1 aromatic carbocycles. The number of amides is 1. The van der Waals surface area contributed by atoms with Crippen LogP contribution in [-0.2, 0) is 14.8 Å². The molecule has 0 radical (unpaired) electrons. The number of hydrogen-bond acceptors (Lipinski definition) is 5. The average molecular weight is 287 g/mol. The third kappa shape index (κ3) is 3.85. The van der Waals surface area contributed by atoms with Gasteiger partial charge in [0.15, 0.2) is 5.78 Å². The summed E-state index contributed by atoms with van der Waals surface area (Å²) >= 11 is 1.23. The van der Waals surface area contributed by atoms with Crippen molar-refractivity contribution in [1.29, 1.82) is 0 Å². The molecule has 0 aromatic heterocycles. The lowest BCUT2D eigenvalue weighted by Gasteiger charge is -2.06. The van der Waals surface area contributed by atoms with Gasteiger partial charge in [-0.1, -0.05) is 12.1 Å². The van der Waals surface area contributed by atoms with Crippen LogP contribution in [0, 0.1) is 0 Å². The summed E-state index contributed by atoms with van der Waals surface area (Å²) < 4.78 is 25.5. The summed E-state index contributed by atoms with van der Waals surface area (Å²) in [6, 6.07) is 5.42. The minimum atomic E-state index is -3.85. The summed E-state index contributed by atoms with van der Waals surface area (Å²) in [5.41, 5.74) is 0.421. The molecule has 0 atom stereocenters.